The van der Waals surface area contributed by atoms with Gasteiger partial charge in [0.15, 0.2) is 11.5 Å². The Balaban J connectivity index is 1.81. The van der Waals surface area contributed by atoms with Crippen molar-refractivity contribution in [3.8, 4) is 11.5 Å². The Morgan fingerprint density at radius 2 is 1.61 bits per heavy atom. The van der Waals surface area contributed by atoms with E-state index in [9.17, 15) is 22.8 Å². The van der Waals surface area contributed by atoms with Gasteiger partial charge in [-0.25, -0.2) is 4.79 Å². The first-order valence-electron chi connectivity index (χ1n) is 13.3. The molecule has 0 N–H and O–H groups in total. The van der Waals surface area contributed by atoms with Gasteiger partial charge in [0, 0.05) is 24.2 Å². The number of carbonyl (C=O) groups excluding carboxylic acids is 2. The second kappa shape index (κ2) is 12.5. The summed E-state index contributed by atoms with van der Waals surface area (Å²) in [6, 6.07) is 16.7. The van der Waals surface area contributed by atoms with E-state index in [1.165, 1.54) is 31.3 Å². The molecule has 0 fully saturated rings. The molecule has 41 heavy (non-hydrogen) atoms. The number of anilines is 1. The summed E-state index contributed by atoms with van der Waals surface area (Å²) in [5.74, 6) is 0.466. The quantitative estimate of drug-likeness (QED) is 0.298. The summed E-state index contributed by atoms with van der Waals surface area (Å²) in [5.41, 5.74) is 1.45. The van der Waals surface area contributed by atoms with Gasteiger partial charge in [-0.2, -0.15) is 13.2 Å². The zero-order valence-corrected chi connectivity index (χ0v) is 23.4. The third kappa shape index (κ3) is 6.58. The van der Waals surface area contributed by atoms with E-state index in [1.807, 2.05) is 37.3 Å². The second-order valence-corrected chi connectivity index (χ2v) is 9.82. The van der Waals surface area contributed by atoms with E-state index < -0.39 is 23.9 Å². The Morgan fingerprint density at radius 3 is 2.24 bits per heavy atom. The highest BCUT2D eigenvalue weighted by atomic mass is 19.4. The van der Waals surface area contributed by atoms with E-state index in [1.54, 1.807) is 24.0 Å². The number of fused-ring (bicyclic) bond motifs is 1. The number of ether oxygens (including phenoxy) is 3. The number of hydrogen-bond donors (Lipinski definition) is 0. The number of alkyl halides is 3. The van der Waals surface area contributed by atoms with Gasteiger partial charge in [0.25, 0.3) is 0 Å². The molecule has 1 aliphatic heterocycles. The Kier molecular flexibility index (Phi) is 9.10. The third-order valence-corrected chi connectivity index (χ3v) is 7.12. The average Bonchev–Trinajstić information content (AvgIpc) is 2.95. The van der Waals surface area contributed by atoms with E-state index in [0.717, 1.165) is 17.7 Å². The summed E-state index contributed by atoms with van der Waals surface area (Å²) in [7, 11) is 2.98. The minimum atomic E-state index is -4.52. The lowest BCUT2D eigenvalue weighted by atomic mass is 9.89. The number of nitrogens with zero attached hydrogens (tertiary/aromatic N) is 2. The minimum Gasteiger partial charge on any atom is -0.493 e. The van der Waals surface area contributed by atoms with E-state index in [0.29, 0.717) is 29.2 Å². The predicted molar refractivity (Wildman–Crippen MR) is 148 cm³/mol. The van der Waals surface area contributed by atoms with Crippen molar-refractivity contribution in [2.24, 2.45) is 0 Å². The molecule has 10 heteroatoms. The molecule has 1 heterocycles. The minimum absolute atomic E-state index is 0.184. The fourth-order valence-corrected chi connectivity index (χ4v) is 5.20. The molecule has 0 radical (unpaired) electrons. The molecule has 4 rings (SSSR count). The molecule has 1 aliphatic rings. The van der Waals surface area contributed by atoms with Crippen LogP contribution in [0.5, 0.6) is 11.5 Å². The largest absolute Gasteiger partial charge is 0.493 e. The Morgan fingerprint density at radius 1 is 0.951 bits per heavy atom. The Bertz CT molecular complexity index is 1380. The lowest BCUT2D eigenvalue weighted by Gasteiger charge is -2.43. The number of halogens is 3. The van der Waals surface area contributed by atoms with Crippen molar-refractivity contribution in [3.05, 3.63) is 89.0 Å². The molecule has 0 bridgehead atoms. The van der Waals surface area contributed by atoms with Gasteiger partial charge in [0.05, 0.1) is 44.5 Å². The second-order valence-electron chi connectivity index (χ2n) is 9.82. The van der Waals surface area contributed by atoms with Gasteiger partial charge in [-0.1, -0.05) is 48.5 Å². The summed E-state index contributed by atoms with van der Waals surface area (Å²) >= 11 is 0. The summed E-state index contributed by atoms with van der Waals surface area (Å²) in [5, 5.41) is 0. The molecule has 3 aromatic rings. The van der Waals surface area contributed by atoms with Crippen LogP contribution in [0.15, 0.2) is 66.7 Å². The van der Waals surface area contributed by atoms with Gasteiger partial charge < -0.3 is 19.1 Å². The molecule has 0 unspecified atom stereocenters. The number of methoxy groups -OCH3 is 2. The third-order valence-electron chi connectivity index (χ3n) is 7.12. The molecule has 0 saturated carbocycles. The Labute approximate surface area is 237 Å². The number of hydrogen-bond acceptors (Lipinski definition) is 5. The molecule has 3 aromatic carbocycles. The first-order valence-corrected chi connectivity index (χ1v) is 13.3. The smallest absolute Gasteiger partial charge is 0.416 e. The topological polar surface area (TPSA) is 68.3 Å². The van der Waals surface area contributed by atoms with Crippen molar-refractivity contribution in [2.45, 2.75) is 51.5 Å². The van der Waals surface area contributed by atoms with Crippen LogP contribution < -0.4 is 14.4 Å². The van der Waals surface area contributed by atoms with Crippen molar-refractivity contribution in [1.29, 1.82) is 0 Å². The van der Waals surface area contributed by atoms with E-state index >= 15 is 0 Å². The van der Waals surface area contributed by atoms with Crippen LogP contribution >= 0.6 is 0 Å². The lowest BCUT2D eigenvalue weighted by Crippen LogP contribution is -2.48. The molecular formula is C31H33F3N2O5. The molecule has 2 atom stereocenters. The number of amides is 2. The summed E-state index contributed by atoms with van der Waals surface area (Å²) in [6.45, 7) is 3.98. The van der Waals surface area contributed by atoms with Crippen LogP contribution in [-0.4, -0.2) is 43.8 Å². The molecule has 0 aromatic heterocycles. The van der Waals surface area contributed by atoms with E-state index in [4.69, 9.17) is 14.2 Å². The van der Waals surface area contributed by atoms with Crippen molar-refractivity contribution in [3.63, 3.8) is 0 Å². The van der Waals surface area contributed by atoms with Gasteiger partial charge >= 0.3 is 12.3 Å². The average molecular weight is 571 g/mol. The van der Waals surface area contributed by atoms with Gasteiger partial charge in [-0.05, 0) is 43.5 Å². The summed E-state index contributed by atoms with van der Waals surface area (Å²) < 4.78 is 56.5. The van der Waals surface area contributed by atoms with Crippen molar-refractivity contribution >= 4 is 17.7 Å². The Hall–Kier alpha value is -4.21. The zero-order chi connectivity index (χ0) is 29.7. The van der Waals surface area contributed by atoms with Gasteiger partial charge in [-0.15, -0.1) is 0 Å². The zero-order valence-electron chi connectivity index (χ0n) is 23.4. The van der Waals surface area contributed by atoms with Crippen LogP contribution in [0.25, 0.3) is 0 Å². The normalized spacial score (nSPS) is 16.5. The first-order chi connectivity index (χ1) is 19.6. The van der Waals surface area contributed by atoms with Crippen LogP contribution in [-0.2, 0) is 28.7 Å². The molecule has 218 valence electrons. The predicted octanol–water partition coefficient (Wildman–Crippen LogP) is 6.79. The van der Waals surface area contributed by atoms with Gasteiger partial charge in [-0.3, -0.25) is 9.69 Å². The number of benzene rings is 3. The molecule has 7 nitrogen and oxygen atoms in total. The molecular weight excluding hydrogens is 537 g/mol. The molecule has 2 amide bonds. The van der Waals surface area contributed by atoms with Crippen molar-refractivity contribution < 1.29 is 37.0 Å². The fraction of sp³-hybridized carbons (Fsp3) is 0.355. The van der Waals surface area contributed by atoms with Crippen LogP contribution in [0.3, 0.4) is 0 Å². The van der Waals surface area contributed by atoms with Crippen LogP contribution in [0.1, 0.15) is 48.6 Å². The lowest BCUT2D eigenvalue weighted by molar-refractivity contribution is -0.138. The van der Waals surface area contributed by atoms with E-state index in [2.05, 4.69) is 0 Å². The fourth-order valence-electron chi connectivity index (χ4n) is 5.20. The van der Waals surface area contributed by atoms with Gasteiger partial charge in [0.1, 0.15) is 0 Å². The number of rotatable bonds is 8. The monoisotopic (exact) mass is 570 g/mol. The maximum absolute atomic E-state index is 14.0. The molecule has 0 saturated heterocycles. The summed E-state index contributed by atoms with van der Waals surface area (Å²) in [6.07, 6.45) is -4.92. The number of carbonyl (C=O) groups is 2. The highest BCUT2D eigenvalue weighted by molar-refractivity contribution is 5.91. The van der Waals surface area contributed by atoms with Crippen LogP contribution in [0.4, 0.5) is 23.7 Å². The van der Waals surface area contributed by atoms with E-state index in [-0.39, 0.29) is 37.1 Å². The van der Waals surface area contributed by atoms with Crippen LogP contribution in [0.2, 0.25) is 0 Å². The van der Waals surface area contributed by atoms with Gasteiger partial charge in [0.2, 0.25) is 5.91 Å². The van der Waals surface area contributed by atoms with Crippen molar-refractivity contribution in [2.75, 3.05) is 25.7 Å². The maximum Gasteiger partial charge on any atom is 0.416 e. The highest BCUT2D eigenvalue weighted by Crippen LogP contribution is 2.46. The standard InChI is InChI=1S/C31H33F3N2O5/c1-5-41-30(38)36-20(2)14-25(24-17-27(39-3)28(40-4)18-26(24)36)35(19-21-10-7-6-8-11-21)29(37)16-22-12-9-13-23(15-22)31(32,33)34/h6-13,15,17-18,20,25H,5,14,16,19H2,1-4H3/t20-,25+/m0/s1. The highest BCUT2D eigenvalue weighted by Gasteiger charge is 2.40. The molecule has 0 aliphatic carbocycles. The maximum atomic E-state index is 14.0. The summed E-state index contributed by atoms with van der Waals surface area (Å²) in [4.78, 5) is 30.2. The SMILES string of the molecule is CCOC(=O)N1c2cc(OC)c(OC)cc2[C@H](N(Cc2ccccc2)C(=O)Cc2cccc(C(F)(F)F)c2)C[C@@H]1C. The van der Waals surface area contributed by atoms with Crippen molar-refractivity contribution in [1.82, 2.24) is 4.90 Å². The molecule has 0 spiro atoms. The van der Waals surface area contributed by atoms with Crippen LogP contribution in [0, 0.1) is 0 Å². The first kappa shape index (κ1) is 29.8.